The monoisotopic (exact) mass is 381 g/mol. The number of rotatable bonds is 5. The van der Waals surface area contributed by atoms with Crippen LogP contribution in [0.2, 0.25) is 0 Å². The Kier molecular flexibility index (Phi) is 5.76. The summed E-state index contributed by atoms with van der Waals surface area (Å²) in [5.74, 6) is 2.28. The van der Waals surface area contributed by atoms with Gasteiger partial charge in [0.2, 0.25) is 0 Å². The lowest BCUT2D eigenvalue weighted by Crippen LogP contribution is -2.46. The van der Waals surface area contributed by atoms with E-state index in [1.165, 1.54) is 5.56 Å². The lowest BCUT2D eigenvalue weighted by molar-refractivity contribution is 0.0696. The average Bonchev–Trinajstić information content (AvgIpc) is 2.77. The van der Waals surface area contributed by atoms with Crippen molar-refractivity contribution < 1.29 is 14.3 Å². The number of likely N-dealkylation sites (tertiary alicyclic amines) is 1. The summed E-state index contributed by atoms with van der Waals surface area (Å²) in [4.78, 5) is 18.6. The van der Waals surface area contributed by atoms with Crippen molar-refractivity contribution in [3.05, 3.63) is 53.9 Å². The molecule has 0 radical (unpaired) electrons. The Morgan fingerprint density at radius 1 is 1.29 bits per heavy atom. The first kappa shape index (κ1) is 18.7. The van der Waals surface area contributed by atoms with Crippen LogP contribution >= 0.6 is 0 Å². The van der Waals surface area contributed by atoms with Gasteiger partial charge < -0.3 is 19.7 Å². The van der Waals surface area contributed by atoms with E-state index in [1.807, 2.05) is 29.2 Å². The van der Waals surface area contributed by atoms with Crippen molar-refractivity contribution in [2.45, 2.75) is 25.3 Å². The normalized spacial score (nSPS) is 19.6. The predicted molar refractivity (Wildman–Crippen MR) is 107 cm³/mol. The van der Waals surface area contributed by atoms with Gasteiger partial charge in [-0.1, -0.05) is 12.1 Å². The second kappa shape index (κ2) is 8.61. The summed E-state index contributed by atoms with van der Waals surface area (Å²) >= 11 is 0. The molecule has 2 aliphatic rings. The quantitative estimate of drug-likeness (QED) is 0.862. The van der Waals surface area contributed by atoms with Crippen LogP contribution in [0.1, 0.15) is 28.9 Å². The van der Waals surface area contributed by atoms with Crippen molar-refractivity contribution in [3.63, 3.8) is 0 Å². The van der Waals surface area contributed by atoms with Gasteiger partial charge in [0.25, 0.3) is 5.91 Å². The van der Waals surface area contributed by atoms with Crippen molar-refractivity contribution in [1.29, 1.82) is 0 Å². The fourth-order valence-electron chi connectivity index (χ4n) is 3.94. The van der Waals surface area contributed by atoms with Crippen molar-refractivity contribution in [1.82, 2.24) is 15.2 Å². The summed E-state index contributed by atoms with van der Waals surface area (Å²) in [6, 6.07) is 12.0. The van der Waals surface area contributed by atoms with Crippen molar-refractivity contribution in [2.24, 2.45) is 5.92 Å². The van der Waals surface area contributed by atoms with Gasteiger partial charge in [-0.2, -0.15) is 0 Å². The van der Waals surface area contributed by atoms with E-state index >= 15 is 0 Å². The molecule has 1 fully saturated rings. The van der Waals surface area contributed by atoms with Crippen LogP contribution in [0.25, 0.3) is 0 Å². The Bertz CT molecular complexity index is 804. The Balaban J connectivity index is 1.23. The summed E-state index contributed by atoms with van der Waals surface area (Å²) in [7, 11) is 1.67. The highest BCUT2D eigenvalue weighted by molar-refractivity contribution is 5.92. The molecule has 28 heavy (non-hydrogen) atoms. The van der Waals surface area contributed by atoms with Gasteiger partial charge in [-0.05, 0) is 43.0 Å². The number of hydrogen-bond donors (Lipinski definition) is 1. The van der Waals surface area contributed by atoms with Crippen LogP contribution in [0.4, 0.5) is 0 Å². The van der Waals surface area contributed by atoms with Crippen molar-refractivity contribution in [3.8, 4) is 11.5 Å². The molecule has 2 aliphatic heterocycles. The van der Waals surface area contributed by atoms with E-state index in [9.17, 15) is 4.79 Å². The van der Waals surface area contributed by atoms with Crippen molar-refractivity contribution in [2.75, 3.05) is 33.4 Å². The largest absolute Gasteiger partial charge is 0.497 e. The Morgan fingerprint density at radius 3 is 2.89 bits per heavy atom. The topological polar surface area (TPSA) is 63.7 Å². The molecule has 0 saturated carbocycles. The summed E-state index contributed by atoms with van der Waals surface area (Å²) < 4.78 is 11.2. The number of carbonyl (C=O) groups is 1. The standard InChI is InChI=1S/C22H27N3O3/c1-27-19-6-5-17-12-16(15-28-21(17)13-19)14-24-18-7-10-25(11-8-18)22(26)20-4-2-3-9-23-20/h2-6,9,13,16,18,24H,7-8,10-12,14-15H2,1H3/t16-/m1/s1. The van der Waals surface area contributed by atoms with Gasteiger partial charge in [-0.25, -0.2) is 0 Å². The minimum Gasteiger partial charge on any atom is -0.497 e. The molecule has 1 N–H and O–H groups in total. The zero-order chi connectivity index (χ0) is 19.3. The molecular formula is C22H27N3O3. The van der Waals surface area contributed by atoms with Crippen LogP contribution in [-0.2, 0) is 6.42 Å². The van der Waals surface area contributed by atoms with E-state index in [2.05, 4.69) is 16.4 Å². The number of ether oxygens (including phenoxy) is 2. The molecule has 3 heterocycles. The third-order valence-corrected chi connectivity index (χ3v) is 5.62. The minimum atomic E-state index is 0.0340. The van der Waals surface area contributed by atoms with Crippen LogP contribution in [0.15, 0.2) is 42.6 Å². The zero-order valence-corrected chi connectivity index (χ0v) is 16.3. The molecule has 0 aliphatic carbocycles. The highest BCUT2D eigenvalue weighted by atomic mass is 16.5. The van der Waals surface area contributed by atoms with Crippen LogP contribution in [0.3, 0.4) is 0 Å². The number of nitrogens with one attached hydrogen (secondary N) is 1. The van der Waals surface area contributed by atoms with Gasteiger partial charge in [0, 0.05) is 43.9 Å². The smallest absolute Gasteiger partial charge is 0.272 e. The van der Waals surface area contributed by atoms with E-state index in [0.717, 1.165) is 57.0 Å². The molecule has 1 atom stereocenters. The number of carbonyl (C=O) groups excluding carboxylic acids is 1. The van der Waals surface area contributed by atoms with Gasteiger partial charge in [0.05, 0.1) is 13.7 Å². The van der Waals surface area contributed by atoms with Gasteiger partial charge in [0.1, 0.15) is 17.2 Å². The Hall–Kier alpha value is -2.60. The molecule has 4 rings (SSSR count). The molecule has 6 heteroatoms. The summed E-state index contributed by atoms with van der Waals surface area (Å²) in [6.45, 7) is 3.21. The molecule has 1 aromatic carbocycles. The SMILES string of the molecule is COc1ccc2c(c1)OC[C@@H](CNC1CCN(C(=O)c3ccccn3)CC1)C2. The van der Waals surface area contributed by atoms with Crippen molar-refractivity contribution >= 4 is 5.91 Å². The maximum Gasteiger partial charge on any atom is 0.272 e. The number of benzene rings is 1. The lowest BCUT2D eigenvalue weighted by Gasteiger charge is -2.34. The third-order valence-electron chi connectivity index (χ3n) is 5.62. The molecule has 6 nitrogen and oxygen atoms in total. The maximum atomic E-state index is 12.5. The molecule has 0 spiro atoms. The predicted octanol–water partition coefficient (Wildman–Crippen LogP) is 2.54. The minimum absolute atomic E-state index is 0.0340. The maximum absolute atomic E-state index is 12.5. The first-order chi connectivity index (χ1) is 13.7. The lowest BCUT2D eigenvalue weighted by atomic mass is 9.95. The number of piperidine rings is 1. The van der Waals surface area contributed by atoms with Gasteiger partial charge in [-0.3, -0.25) is 9.78 Å². The second-order valence-corrected chi connectivity index (χ2v) is 7.54. The van der Waals surface area contributed by atoms with Gasteiger partial charge in [-0.15, -0.1) is 0 Å². The number of hydrogen-bond acceptors (Lipinski definition) is 5. The molecule has 0 bridgehead atoms. The number of pyridine rings is 1. The number of amides is 1. The van der Waals surface area contributed by atoms with E-state index in [4.69, 9.17) is 9.47 Å². The van der Waals surface area contributed by atoms with Gasteiger partial charge >= 0.3 is 0 Å². The molecule has 2 aromatic rings. The molecule has 148 valence electrons. The Labute approximate surface area is 165 Å². The molecular weight excluding hydrogens is 354 g/mol. The first-order valence-corrected chi connectivity index (χ1v) is 9.96. The summed E-state index contributed by atoms with van der Waals surface area (Å²) in [5, 5.41) is 3.69. The van der Waals surface area contributed by atoms with E-state index < -0.39 is 0 Å². The fourth-order valence-corrected chi connectivity index (χ4v) is 3.94. The van der Waals surface area contributed by atoms with E-state index in [1.54, 1.807) is 19.4 Å². The van der Waals surface area contributed by atoms with Crippen LogP contribution in [-0.4, -0.2) is 55.2 Å². The van der Waals surface area contributed by atoms with E-state index in [0.29, 0.717) is 17.7 Å². The third kappa shape index (κ3) is 4.28. The Morgan fingerprint density at radius 2 is 2.14 bits per heavy atom. The molecule has 1 aromatic heterocycles. The highest BCUT2D eigenvalue weighted by Crippen LogP contribution is 2.30. The van der Waals surface area contributed by atoms with Gasteiger partial charge in [0.15, 0.2) is 0 Å². The molecule has 1 saturated heterocycles. The highest BCUT2D eigenvalue weighted by Gasteiger charge is 2.26. The molecule has 1 amide bonds. The average molecular weight is 381 g/mol. The number of nitrogens with zero attached hydrogens (tertiary/aromatic N) is 2. The van der Waals surface area contributed by atoms with Crippen LogP contribution in [0, 0.1) is 5.92 Å². The van der Waals surface area contributed by atoms with E-state index in [-0.39, 0.29) is 5.91 Å². The zero-order valence-electron chi connectivity index (χ0n) is 16.3. The molecule has 0 unspecified atom stereocenters. The first-order valence-electron chi connectivity index (χ1n) is 9.96. The van der Waals surface area contributed by atoms with Crippen LogP contribution in [0.5, 0.6) is 11.5 Å². The summed E-state index contributed by atoms with van der Waals surface area (Å²) in [6.07, 6.45) is 4.63. The number of methoxy groups -OCH3 is 1. The number of aromatic nitrogens is 1. The summed E-state index contributed by atoms with van der Waals surface area (Å²) in [5.41, 5.74) is 1.78. The fraction of sp³-hybridized carbons (Fsp3) is 0.455. The second-order valence-electron chi connectivity index (χ2n) is 7.54. The van der Waals surface area contributed by atoms with Crippen LogP contribution < -0.4 is 14.8 Å². The number of fused-ring (bicyclic) bond motifs is 1.